The first kappa shape index (κ1) is 19.4. The van der Waals surface area contributed by atoms with E-state index in [-0.39, 0.29) is 12.5 Å². The van der Waals surface area contributed by atoms with Crippen LogP contribution in [-0.4, -0.2) is 49.4 Å². The average Bonchev–Trinajstić information content (AvgIpc) is 2.60. The topological polar surface area (TPSA) is 131 Å². The Labute approximate surface area is 150 Å². The first-order valence-electron chi connectivity index (χ1n) is 8.18. The van der Waals surface area contributed by atoms with Gasteiger partial charge in [-0.3, -0.25) is 19.2 Å². The highest BCUT2D eigenvalue weighted by Crippen LogP contribution is 2.19. The SMILES string of the molecule is CC(C)C(=O)N[C@@H](C(N)=O)C(=O)Nc1ccc(N2CCOCC2=O)cc1. The molecule has 0 unspecified atom stereocenters. The number of nitrogens with zero attached hydrogens (tertiary/aromatic N) is 1. The fourth-order valence-electron chi connectivity index (χ4n) is 2.30. The minimum Gasteiger partial charge on any atom is -0.370 e. The Morgan fingerprint density at radius 3 is 2.35 bits per heavy atom. The van der Waals surface area contributed by atoms with E-state index >= 15 is 0 Å². The number of benzene rings is 1. The lowest BCUT2D eigenvalue weighted by molar-refractivity contribution is -0.134. The second kappa shape index (κ2) is 8.43. The minimum atomic E-state index is -1.47. The molecule has 1 aliphatic heterocycles. The van der Waals surface area contributed by atoms with Gasteiger partial charge in [-0.05, 0) is 24.3 Å². The van der Waals surface area contributed by atoms with Crippen molar-refractivity contribution in [2.24, 2.45) is 11.7 Å². The van der Waals surface area contributed by atoms with Crippen LogP contribution in [0.3, 0.4) is 0 Å². The van der Waals surface area contributed by atoms with E-state index in [0.717, 1.165) is 0 Å². The molecule has 0 saturated carbocycles. The molecule has 2 rings (SSSR count). The van der Waals surface area contributed by atoms with E-state index < -0.39 is 29.7 Å². The molecule has 9 nitrogen and oxygen atoms in total. The quantitative estimate of drug-likeness (QED) is 0.594. The van der Waals surface area contributed by atoms with Crippen LogP contribution >= 0.6 is 0 Å². The number of rotatable bonds is 6. The van der Waals surface area contributed by atoms with E-state index in [2.05, 4.69) is 10.6 Å². The summed E-state index contributed by atoms with van der Waals surface area (Å²) in [6.45, 7) is 4.22. The number of carbonyl (C=O) groups is 4. The Hall–Kier alpha value is -2.94. The van der Waals surface area contributed by atoms with Crippen molar-refractivity contribution in [3.63, 3.8) is 0 Å². The maximum atomic E-state index is 12.2. The van der Waals surface area contributed by atoms with Crippen molar-refractivity contribution >= 4 is 35.0 Å². The van der Waals surface area contributed by atoms with Crippen molar-refractivity contribution in [1.82, 2.24) is 5.32 Å². The van der Waals surface area contributed by atoms with Gasteiger partial charge in [0.2, 0.25) is 11.8 Å². The van der Waals surface area contributed by atoms with Crippen molar-refractivity contribution < 1.29 is 23.9 Å². The van der Waals surface area contributed by atoms with Gasteiger partial charge in [-0.25, -0.2) is 0 Å². The third-order valence-corrected chi connectivity index (χ3v) is 3.79. The zero-order chi connectivity index (χ0) is 19.3. The number of ether oxygens (including phenoxy) is 1. The molecular weight excluding hydrogens is 340 g/mol. The number of nitrogens with two attached hydrogens (primary N) is 1. The Balaban J connectivity index is 2.04. The third kappa shape index (κ3) is 4.79. The third-order valence-electron chi connectivity index (χ3n) is 3.79. The summed E-state index contributed by atoms with van der Waals surface area (Å²) in [5, 5.41) is 4.84. The molecule has 1 heterocycles. The number of nitrogens with one attached hydrogen (secondary N) is 2. The van der Waals surface area contributed by atoms with Crippen LogP contribution in [0.1, 0.15) is 13.8 Å². The fourth-order valence-corrected chi connectivity index (χ4v) is 2.30. The molecule has 4 amide bonds. The summed E-state index contributed by atoms with van der Waals surface area (Å²) >= 11 is 0. The van der Waals surface area contributed by atoms with Crippen molar-refractivity contribution in [2.45, 2.75) is 19.9 Å². The first-order chi connectivity index (χ1) is 12.3. The van der Waals surface area contributed by atoms with Crippen LogP contribution < -0.4 is 21.3 Å². The van der Waals surface area contributed by atoms with Gasteiger partial charge in [-0.1, -0.05) is 13.8 Å². The number of primary amides is 1. The molecule has 0 radical (unpaired) electrons. The van der Waals surface area contributed by atoms with Gasteiger partial charge in [-0.15, -0.1) is 0 Å². The second-order valence-corrected chi connectivity index (χ2v) is 6.13. The zero-order valence-corrected chi connectivity index (χ0v) is 14.7. The van der Waals surface area contributed by atoms with Crippen molar-refractivity contribution in [1.29, 1.82) is 0 Å². The van der Waals surface area contributed by atoms with Gasteiger partial charge < -0.3 is 26.0 Å². The largest absolute Gasteiger partial charge is 0.370 e. The van der Waals surface area contributed by atoms with Crippen LogP contribution in [0.5, 0.6) is 0 Å². The first-order valence-corrected chi connectivity index (χ1v) is 8.18. The number of hydrogen-bond acceptors (Lipinski definition) is 5. The number of morpholine rings is 1. The molecule has 1 aromatic carbocycles. The minimum absolute atomic E-state index is 0.0360. The molecule has 26 heavy (non-hydrogen) atoms. The monoisotopic (exact) mass is 362 g/mol. The van der Waals surface area contributed by atoms with Crippen LogP contribution in [-0.2, 0) is 23.9 Å². The molecule has 9 heteroatoms. The molecule has 1 fully saturated rings. The maximum absolute atomic E-state index is 12.2. The number of hydrogen-bond donors (Lipinski definition) is 3. The number of carbonyl (C=O) groups excluding carboxylic acids is 4. The number of anilines is 2. The summed E-state index contributed by atoms with van der Waals surface area (Å²) in [6, 6.07) is 5.07. The molecule has 1 aromatic rings. The second-order valence-electron chi connectivity index (χ2n) is 6.13. The highest BCUT2D eigenvalue weighted by molar-refractivity contribution is 6.11. The van der Waals surface area contributed by atoms with Gasteiger partial charge >= 0.3 is 0 Å². The van der Waals surface area contributed by atoms with Crippen LogP contribution in [0.2, 0.25) is 0 Å². The Bertz CT molecular complexity index is 702. The highest BCUT2D eigenvalue weighted by Gasteiger charge is 2.27. The molecule has 1 saturated heterocycles. The van der Waals surface area contributed by atoms with E-state index in [1.165, 1.54) is 0 Å². The van der Waals surface area contributed by atoms with Gasteiger partial charge in [0.05, 0.1) is 6.61 Å². The molecule has 1 atom stereocenters. The van der Waals surface area contributed by atoms with Crippen LogP contribution in [0.25, 0.3) is 0 Å². The van der Waals surface area contributed by atoms with E-state index in [1.54, 1.807) is 43.0 Å². The van der Waals surface area contributed by atoms with E-state index in [0.29, 0.717) is 24.5 Å². The zero-order valence-electron chi connectivity index (χ0n) is 14.7. The Morgan fingerprint density at radius 1 is 1.15 bits per heavy atom. The van der Waals surface area contributed by atoms with Crippen molar-refractivity contribution in [3.8, 4) is 0 Å². The smallest absolute Gasteiger partial charge is 0.256 e. The predicted molar refractivity (Wildman–Crippen MR) is 94.2 cm³/mol. The molecule has 4 N–H and O–H groups in total. The van der Waals surface area contributed by atoms with E-state index in [1.807, 2.05) is 0 Å². The molecule has 0 aliphatic carbocycles. The van der Waals surface area contributed by atoms with Gasteiger partial charge in [0, 0.05) is 23.8 Å². The van der Waals surface area contributed by atoms with Crippen molar-refractivity contribution in [2.75, 3.05) is 30.0 Å². The van der Waals surface area contributed by atoms with Gasteiger partial charge in [0.25, 0.3) is 11.8 Å². The Morgan fingerprint density at radius 2 is 1.81 bits per heavy atom. The summed E-state index contributed by atoms with van der Waals surface area (Å²) in [4.78, 5) is 48.8. The predicted octanol–water partition coefficient (Wildman–Crippen LogP) is -0.386. The molecule has 0 spiro atoms. The summed E-state index contributed by atoms with van der Waals surface area (Å²) < 4.78 is 5.08. The van der Waals surface area contributed by atoms with Crippen LogP contribution in [0.15, 0.2) is 24.3 Å². The molecule has 140 valence electrons. The lowest BCUT2D eigenvalue weighted by Crippen LogP contribution is -2.52. The van der Waals surface area contributed by atoms with Crippen molar-refractivity contribution in [3.05, 3.63) is 24.3 Å². The summed E-state index contributed by atoms with van der Waals surface area (Å²) in [5.41, 5.74) is 6.29. The highest BCUT2D eigenvalue weighted by atomic mass is 16.5. The van der Waals surface area contributed by atoms with Gasteiger partial charge in [-0.2, -0.15) is 0 Å². The standard InChI is InChI=1S/C17H22N4O5/c1-10(2)16(24)20-14(15(18)23)17(25)19-11-3-5-12(6-4-11)21-7-8-26-9-13(21)22/h3-6,10,14H,7-9H2,1-2H3,(H2,18,23)(H,19,25)(H,20,24)/t14-/m0/s1. The molecule has 1 aliphatic rings. The van der Waals surface area contributed by atoms with Crippen LogP contribution in [0.4, 0.5) is 11.4 Å². The summed E-state index contributed by atoms with van der Waals surface area (Å²) in [6.07, 6.45) is 0. The molecule has 0 aromatic heterocycles. The average molecular weight is 362 g/mol. The lowest BCUT2D eigenvalue weighted by Gasteiger charge is -2.27. The molecule has 0 bridgehead atoms. The summed E-state index contributed by atoms with van der Waals surface area (Å²) in [7, 11) is 0. The lowest BCUT2D eigenvalue weighted by atomic mass is 10.1. The van der Waals surface area contributed by atoms with E-state index in [4.69, 9.17) is 10.5 Å². The van der Waals surface area contributed by atoms with Gasteiger partial charge in [0.15, 0.2) is 6.04 Å². The fraction of sp³-hybridized carbons (Fsp3) is 0.412. The Kier molecular flexibility index (Phi) is 6.29. The number of amides is 4. The van der Waals surface area contributed by atoms with Crippen LogP contribution in [0, 0.1) is 5.92 Å². The van der Waals surface area contributed by atoms with E-state index in [9.17, 15) is 19.2 Å². The summed E-state index contributed by atoms with van der Waals surface area (Å²) in [5.74, 6) is -2.67. The normalized spacial score (nSPS) is 15.5. The maximum Gasteiger partial charge on any atom is 0.256 e. The molecular formula is C17H22N4O5. The van der Waals surface area contributed by atoms with Gasteiger partial charge in [0.1, 0.15) is 6.61 Å².